The third kappa shape index (κ3) is 2.02. The monoisotopic (exact) mass is 221 g/mol. The van der Waals surface area contributed by atoms with Crippen molar-refractivity contribution in [1.82, 2.24) is 10.1 Å². The third-order valence-electron chi connectivity index (χ3n) is 3.37. The maximum Gasteiger partial charge on any atom is 0.250 e. The number of nitrogens with zero attached hydrogens (tertiary/aromatic N) is 2. The summed E-state index contributed by atoms with van der Waals surface area (Å²) in [5, 5.41) is 3.98. The van der Waals surface area contributed by atoms with Gasteiger partial charge in [0.2, 0.25) is 0 Å². The number of rotatable bonds is 4. The second kappa shape index (κ2) is 4.37. The molecule has 1 aliphatic rings. The minimum atomic E-state index is -0.325. The van der Waals surface area contributed by atoms with Gasteiger partial charge in [-0.2, -0.15) is 4.98 Å². The summed E-state index contributed by atoms with van der Waals surface area (Å²) in [5.41, 5.74) is 7.12. The van der Waals surface area contributed by atoms with Gasteiger partial charge in [-0.25, -0.2) is 0 Å². The molecule has 0 aliphatic heterocycles. The predicted octanol–water partition coefficient (Wildman–Crippen LogP) is 2.61. The van der Waals surface area contributed by atoms with Crippen LogP contribution < -0.4 is 5.73 Å². The zero-order chi connectivity index (χ0) is 11.6. The van der Waals surface area contributed by atoms with Crippen LogP contribution in [0.3, 0.4) is 0 Å². The van der Waals surface area contributed by atoms with Crippen LogP contribution in [0.4, 0.5) is 0 Å². The Hall–Kier alpha value is -1.16. The van der Waals surface area contributed by atoms with E-state index in [2.05, 4.69) is 24.0 Å². The Morgan fingerprint density at radius 3 is 2.62 bits per heavy atom. The molecule has 88 valence electrons. The van der Waals surface area contributed by atoms with Gasteiger partial charge in [-0.1, -0.05) is 24.6 Å². The molecule has 4 heteroatoms. The Labute approximate surface area is 95.9 Å². The first-order chi connectivity index (χ1) is 7.68. The Balaban J connectivity index is 2.16. The Morgan fingerprint density at radius 2 is 2.12 bits per heavy atom. The van der Waals surface area contributed by atoms with Gasteiger partial charge in [-0.15, -0.1) is 0 Å². The van der Waals surface area contributed by atoms with Crippen LogP contribution in [-0.2, 0) is 5.54 Å². The largest absolute Gasteiger partial charge is 0.335 e. The van der Waals surface area contributed by atoms with Crippen LogP contribution in [0.15, 0.2) is 10.1 Å². The standard InChI is InChI=1S/C12H19N3O/c1-3-9(4-2)8-10-14-11(15-16-10)12(13)6-5-7-12/h8H,3-7,13H2,1-2H3. The smallest absolute Gasteiger partial charge is 0.250 e. The van der Waals surface area contributed by atoms with Gasteiger partial charge >= 0.3 is 0 Å². The Morgan fingerprint density at radius 1 is 1.44 bits per heavy atom. The quantitative estimate of drug-likeness (QED) is 0.848. The summed E-state index contributed by atoms with van der Waals surface area (Å²) in [7, 11) is 0. The molecule has 0 radical (unpaired) electrons. The first-order valence-electron chi connectivity index (χ1n) is 6.00. The molecule has 0 unspecified atom stereocenters. The van der Waals surface area contributed by atoms with Gasteiger partial charge in [0, 0.05) is 6.08 Å². The maximum atomic E-state index is 6.13. The second-order valence-corrected chi connectivity index (χ2v) is 4.48. The molecule has 1 fully saturated rings. The lowest BCUT2D eigenvalue weighted by Crippen LogP contribution is -2.44. The van der Waals surface area contributed by atoms with Crippen LogP contribution in [0, 0.1) is 0 Å². The average Bonchev–Trinajstić information content (AvgIpc) is 2.71. The fourth-order valence-corrected chi connectivity index (χ4v) is 1.91. The summed E-state index contributed by atoms with van der Waals surface area (Å²) in [6.45, 7) is 4.26. The summed E-state index contributed by atoms with van der Waals surface area (Å²) < 4.78 is 5.20. The minimum absolute atomic E-state index is 0.325. The minimum Gasteiger partial charge on any atom is -0.335 e. The molecule has 2 rings (SSSR count). The fourth-order valence-electron chi connectivity index (χ4n) is 1.91. The van der Waals surface area contributed by atoms with Crippen LogP contribution in [-0.4, -0.2) is 10.1 Å². The molecule has 0 saturated heterocycles. The Bertz CT molecular complexity index is 385. The van der Waals surface area contributed by atoms with E-state index in [9.17, 15) is 0 Å². The highest BCUT2D eigenvalue weighted by molar-refractivity contribution is 5.43. The van der Waals surface area contributed by atoms with Gasteiger partial charge in [0.15, 0.2) is 5.82 Å². The van der Waals surface area contributed by atoms with E-state index >= 15 is 0 Å². The molecule has 4 nitrogen and oxygen atoms in total. The molecule has 1 saturated carbocycles. The SMILES string of the molecule is CCC(=Cc1nc(C2(N)CCC2)no1)CC. The van der Waals surface area contributed by atoms with Crippen molar-refractivity contribution in [3.05, 3.63) is 17.3 Å². The van der Waals surface area contributed by atoms with E-state index in [-0.39, 0.29) is 5.54 Å². The number of aromatic nitrogens is 2. The van der Waals surface area contributed by atoms with Crippen molar-refractivity contribution in [2.45, 2.75) is 51.5 Å². The predicted molar refractivity (Wildman–Crippen MR) is 62.6 cm³/mol. The number of nitrogens with two attached hydrogens (primary N) is 1. The van der Waals surface area contributed by atoms with E-state index in [1.165, 1.54) is 5.57 Å². The van der Waals surface area contributed by atoms with Crippen LogP contribution >= 0.6 is 0 Å². The molecular weight excluding hydrogens is 202 g/mol. The number of hydrogen-bond acceptors (Lipinski definition) is 4. The zero-order valence-corrected chi connectivity index (χ0v) is 9.99. The van der Waals surface area contributed by atoms with Gasteiger partial charge in [0.25, 0.3) is 5.89 Å². The summed E-state index contributed by atoms with van der Waals surface area (Å²) in [6.07, 6.45) is 7.09. The molecule has 16 heavy (non-hydrogen) atoms. The summed E-state index contributed by atoms with van der Waals surface area (Å²) >= 11 is 0. The lowest BCUT2D eigenvalue weighted by Gasteiger charge is -2.34. The van der Waals surface area contributed by atoms with Crippen molar-refractivity contribution >= 4 is 6.08 Å². The third-order valence-corrected chi connectivity index (χ3v) is 3.37. The molecule has 1 aromatic heterocycles. The van der Waals surface area contributed by atoms with E-state index in [1.54, 1.807) is 0 Å². The van der Waals surface area contributed by atoms with Gasteiger partial charge in [0.05, 0.1) is 5.54 Å². The van der Waals surface area contributed by atoms with Gasteiger partial charge in [-0.3, -0.25) is 0 Å². The highest BCUT2D eigenvalue weighted by atomic mass is 16.5. The molecule has 2 N–H and O–H groups in total. The van der Waals surface area contributed by atoms with Gasteiger partial charge in [0.1, 0.15) is 0 Å². The summed E-state index contributed by atoms with van der Waals surface area (Å²) in [4.78, 5) is 4.36. The molecule has 0 amide bonds. The molecule has 0 aromatic carbocycles. The number of allylic oxidation sites excluding steroid dienone is 1. The molecule has 0 spiro atoms. The van der Waals surface area contributed by atoms with Crippen LogP contribution in [0.1, 0.15) is 57.7 Å². The Kier molecular flexibility index (Phi) is 3.10. The van der Waals surface area contributed by atoms with E-state index in [1.807, 2.05) is 6.08 Å². The van der Waals surface area contributed by atoms with Crippen molar-refractivity contribution in [2.75, 3.05) is 0 Å². The fraction of sp³-hybridized carbons (Fsp3) is 0.667. The van der Waals surface area contributed by atoms with E-state index in [0.717, 1.165) is 32.1 Å². The van der Waals surface area contributed by atoms with Crippen LogP contribution in [0.5, 0.6) is 0 Å². The van der Waals surface area contributed by atoms with Gasteiger partial charge in [-0.05, 0) is 32.1 Å². The molecular formula is C12H19N3O. The molecule has 1 aromatic rings. The second-order valence-electron chi connectivity index (χ2n) is 4.48. The lowest BCUT2D eigenvalue weighted by molar-refractivity contribution is 0.229. The van der Waals surface area contributed by atoms with Crippen molar-refractivity contribution in [2.24, 2.45) is 5.73 Å². The molecule has 1 heterocycles. The summed E-state index contributed by atoms with van der Waals surface area (Å²) in [6, 6.07) is 0. The van der Waals surface area contributed by atoms with Crippen LogP contribution in [0.2, 0.25) is 0 Å². The van der Waals surface area contributed by atoms with Crippen molar-refractivity contribution in [1.29, 1.82) is 0 Å². The van der Waals surface area contributed by atoms with E-state index < -0.39 is 0 Å². The average molecular weight is 221 g/mol. The summed E-state index contributed by atoms with van der Waals surface area (Å²) in [5.74, 6) is 1.25. The molecule has 0 bridgehead atoms. The first kappa shape index (κ1) is 11.3. The lowest BCUT2D eigenvalue weighted by atomic mass is 9.77. The zero-order valence-electron chi connectivity index (χ0n) is 9.99. The van der Waals surface area contributed by atoms with E-state index in [0.29, 0.717) is 11.7 Å². The highest BCUT2D eigenvalue weighted by Gasteiger charge is 2.38. The normalized spacial score (nSPS) is 17.9. The number of hydrogen-bond donors (Lipinski definition) is 1. The van der Waals surface area contributed by atoms with Crippen molar-refractivity contribution < 1.29 is 4.52 Å². The van der Waals surface area contributed by atoms with E-state index in [4.69, 9.17) is 10.3 Å². The van der Waals surface area contributed by atoms with Gasteiger partial charge < -0.3 is 10.3 Å². The molecule has 0 atom stereocenters. The first-order valence-corrected chi connectivity index (χ1v) is 6.00. The van der Waals surface area contributed by atoms with Crippen molar-refractivity contribution in [3.63, 3.8) is 0 Å². The topological polar surface area (TPSA) is 64.9 Å². The maximum absolute atomic E-state index is 6.13. The van der Waals surface area contributed by atoms with Crippen molar-refractivity contribution in [3.8, 4) is 0 Å². The molecule has 1 aliphatic carbocycles. The van der Waals surface area contributed by atoms with Crippen LogP contribution in [0.25, 0.3) is 6.08 Å². The highest BCUT2D eigenvalue weighted by Crippen LogP contribution is 2.36.